The van der Waals surface area contributed by atoms with E-state index in [1.165, 1.54) is 15.7 Å². The van der Waals surface area contributed by atoms with Gasteiger partial charge in [0.1, 0.15) is 0 Å². The van der Waals surface area contributed by atoms with Gasteiger partial charge in [0.15, 0.2) is 0 Å². The highest BCUT2D eigenvalue weighted by Crippen LogP contribution is 2.23. The molecule has 0 atom stereocenters. The van der Waals surface area contributed by atoms with Crippen molar-refractivity contribution in [1.82, 2.24) is 0 Å². The summed E-state index contributed by atoms with van der Waals surface area (Å²) in [6.07, 6.45) is 0. The quantitative estimate of drug-likeness (QED) is 0.911. The van der Waals surface area contributed by atoms with Crippen LogP contribution in [0.3, 0.4) is 0 Å². The van der Waals surface area contributed by atoms with Gasteiger partial charge in [-0.2, -0.15) is 11.3 Å². The van der Waals surface area contributed by atoms with E-state index < -0.39 is 0 Å². The van der Waals surface area contributed by atoms with E-state index in [9.17, 15) is 0 Å². The smallest absolute Gasteiger partial charge is 0.0420 e. The van der Waals surface area contributed by atoms with Gasteiger partial charge >= 0.3 is 0 Å². The molecule has 0 fully saturated rings. The summed E-state index contributed by atoms with van der Waals surface area (Å²) in [5, 5.41) is 7.67. The largest absolute Gasteiger partial charge is 0.381 e. The molecule has 0 radical (unpaired) electrons. The van der Waals surface area contributed by atoms with Crippen LogP contribution in [0.4, 0.5) is 11.4 Å². The number of hydrogen-bond acceptors (Lipinski definition) is 3. The molecule has 2 nitrogen and oxygen atoms in total. The first kappa shape index (κ1) is 12.5. The van der Waals surface area contributed by atoms with E-state index in [0.717, 1.165) is 12.2 Å². The Morgan fingerprint density at radius 2 is 1.88 bits per heavy atom. The van der Waals surface area contributed by atoms with Crippen LogP contribution in [-0.2, 0) is 6.54 Å². The standard InChI is InChI=1S/C13H15BrN2S/c1-16(2)12-5-3-11(4-6-12)15-7-10-8-17-9-13(10)14/h3-6,8-9,15H,7H2,1-2H3. The minimum Gasteiger partial charge on any atom is -0.381 e. The number of halogens is 1. The summed E-state index contributed by atoms with van der Waals surface area (Å²) in [6, 6.07) is 8.45. The normalized spacial score (nSPS) is 10.3. The minimum atomic E-state index is 0.853. The summed E-state index contributed by atoms with van der Waals surface area (Å²) in [6.45, 7) is 0.853. The van der Waals surface area contributed by atoms with Crippen LogP contribution in [0.5, 0.6) is 0 Å². The fourth-order valence-electron chi connectivity index (χ4n) is 1.51. The van der Waals surface area contributed by atoms with Crippen molar-refractivity contribution >= 4 is 38.6 Å². The van der Waals surface area contributed by atoms with Gasteiger partial charge in [0.25, 0.3) is 0 Å². The van der Waals surface area contributed by atoms with Crippen LogP contribution in [-0.4, -0.2) is 14.1 Å². The van der Waals surface area contributed by atoms with Gasteiger partial charge in [-0.25, -0.2) is 0 Å². The Morgan fingerprint density at radius 3 is 2.41 bits per heavy atom. The molecular formula is C13H15BrN2S. The lowest BCUT2D eigenvalue weighted by atomic mass is 10.2. The van der Waals surface area contributed by atoms with E-state index in [1.54, 1.807) is 11.3 Å². The van der Waals surface area contributed by atoms with Crippen LogP contribution in [0, 0.1) is 0 Å². The SMILES string of the molecule is CN(C)c1ccc(NCc2cscc2Br)cc1. The molecule has 90 valence electrons. The predicted octanol–water partition coefficient (Wildman–Crippen LogP) is 4.19. The van der Waals surface area contributed by atoms with E-state index in [-0.39, 0.29) is 0 Å². The van der Waals surface area contributed by atoms with Gasteiger partial charge in [-0.3, -0.25) is 0 Å². The molecule has 1 heterocycles. The Kier molecular flexibility index (Phi) is 4.07. The third-order valence-corrected chi connectivity index (χ3v) is 4.39. The Balaban J connectivity index is 1.98. The molecule has 0 saturated carbocycles. The van der Waals surface area contributed by atoms with E-state index in [1.807, 2.05) is 14.1 Å². The zero-order chi connectivity index (χ0) is 12.3. The van der Waals surface area contributed by atoms with Crippen molar-refractivity contribution in [2.24, 2.45) is 0 Å². The summed E-state index contributed by atoms with van der Waals surface area (Å²) in [4.78, 5) is 2.10. The zero-order valence-corrected chi connectivity index (χ0v) is 12.3. The van der Waals surface area contributed by atoms with Gasteiger partial charge in [0.05, 0.1) is 0 Å². The lowest BCUT2D eigenvalue weighted by Gasteiger charge is -2.13. The zero-order valence-electron chi connectivity index (χ0n) is 9.90. The monoisotopic (exact) mass is 310 g/mol. The predicted molar refractivity (Wildman–Crippen MR) is 80.1 cm³/mol. The van der Waals surface area contributed by atoms with Crippen molar-refractivity contribution in [2.45, 2.75) is 6.54 Å². The number of hydrogen-bond donors (Lipinski definition) is 1. The summed E-state index contributed by atoms with van der Waals surface area (Å²) < 4.78 is 1.18. The molecule has 17 heavy (non-hydrogen) atoms. The van der Waals surface area contributed by atoms with Crippen LogP contribution in [0.2, 0.25) is 0 Å². The van der Waals surface area contributed by atoms with Gasteiger partial charge in [-0.15, -0.1) is 0 Å². The van der Waals surface area contributed by atoms with Gasteiger partial charge < -0.3 is 10.2 Å². The lowest BCUT2D eigenvalue weighted by Crippen LogP contribution is -2.08. The maximum absolute atomic E-state index is 3.53. The highest BCUT2D eigenvalue weighted by atomic mass is 79.9. The maximum atomic E-state index is 3.53. The van der Waals surface area contributed by atoms with Crippen molar-refractivity contribution in [3.8, 4) is 0 Å². The molecule has 0 unspecified atom stereocenters. The van der Waals surface area contributed by atoms with Crippen molar-refractivity contribution < 1.29 is 0 Å². The van der Waals surface area contributed by atoms with Crippen LogP contribution >= 0.6 is 27.3 Å². The first-order valence-electron chi connectivity index (χ1n) is 5.38. The van der Waals surface area contributed by atoms with Gasteiger partial charge in [0, 0.05) is 41.9 Å². The molecular weight excluding hydrogens is 296 g/mol. The molecule has 0 spiro atoms. The molecule has 0 aliphatic carbocycles. The molecule has 1 aromatic heterocycles. The number of thiophene rings is 1. The number of nitrogens with zero attached hydrogens (tertiary/aromatic N) is 1. The second-order valence-electron chi connectivity index (χ2n) is 4.04. The number of benzene rings is 1. The molecule has 2 aromatic rings. The van der Waals surface area contributed by atoms with Crippen molar-refractivity contribution in [3.63, 3.8) is 0 Å². The highest BCUT2D eigenvalue weighted by Gasteiger charge is 2.00. The third kappa shape index (κ3) is 3.23. The summed E-state index contributed by atoms with van der Waals surface area (Å²) in [5.41, 5.74) is 3.66. The second-order valence-corrected chi connectivity index (χ2v) is 5.64. The Morgan fingerprint density at radius 1 is 1.18 bits per heavy atom. The fourth-order valence-corrected chi connectivity index (χ4v) is 2.95. The van der Waals surface area contributed by atoms with Crippen LogP contribution in [0.15, 0.2) is 39.5 Å². The van der Waals surface area contributed by atoms with E-state index in [4.69, 9.17) is 0 Å². The molecule has 0 aliphatic rings. The molecule has 2 rings (SSSR count). The number of anilines is 2. The molecule has 1 aromatic carbocycles. The average Bonchev–Trinajstić information content (AvgIpc) is 2.73. The fraction of sp³-hybridized carbons (Fsp3) is 0.231. The van der Waals surface area contributed by atoms with Crippen molar-refractivity contribution in [3.05, 3.63) is 45.1 Å². The minimum absolute atomic E-state index is 0.853. The average molecular weight is 311 g/mol. The van der Waals surface area contributed by atoms with Gasteiger partial charge in [-0.1, -0.05) is 0 Å². The lowest BCUT2D eigenvalue weighted by molar-refractivity contribution is 1.12. The highest BCUT2D eigenvalue weighted by molar-refractivity contribution is 9.10. The van der Waals surface area contributed by atoms with Crippen LogP contribution in [0.1, 0.15) is 5.56 Å². The molecule has 1 N–H and O–H groups in total. The molecule has 0 saturated heterocycles. The second kappa shape index (κ2) is 5.56. The van der Waals surface area contributed by atoms with Crippen molar-refractivity contribution in [2.75, 3.05) is 24.3 Å². The summed E-state index contributed by atoms with van der Waals surface area (Å²) in [7, 11) is 4.09. The summed E-state index contributed by atoms with van der Waals surface area (Å²) in [5.74, 6) is 0. The first-order valence-corrected chi connectivity index (χ1v) is 7.12. The molecule has 0 bridgehead atoms. The van der Waals surface area contributed by atoms with Gasteiger partial charge in [-0.05, 0) is 51.1 Å². The topological polar surface area (TPSA) is 15.3 Å². The van der Waals surface area contributed by atoms with Crippen LogP contribution in [0.25, 0.3) is 0 Å². The number of nitrogens with one attached hydrogen (secondary N) is 1. The van der Waals surface area contributed by atoms with E-state index in [2.05, 4.69) is 61.2 Å². The van der Waals surface area contributed by atoms with Crippen molar-refractivity contribution in [1.29, 1.82) is 0 Å². The Labute approximate surface area is 114 Å². The Hall–Kier alpha value is -1.00. The van der Waals surface area contributed by atoms with E-state index in [0.29, 0.717) is 0 Å². The summed E-state index contributed by atoms with van der Waals surface area (Å²) >= 11 is 5.25. The van der Waals surface area contributed by atoms with Crippen LogP contribution < -0.4 is 10.2 Å². The number of rotatable bonds is 4. The Bertz CT molecular complexity index is 476. The van der Waals surface area contributed by atoms with E-state index >= 15 is 0 Å². The molecule has 4 heteroatoms. The molecule has 0 aliphatic heterocycles. The first-order chi connectivity index (χ1) is 8.16. The molecule has 0 amide bonds. The maximum Gasteiger partial charge on any atom is 0.0420 e. The van der Waals surface area contributed by atoms with Gasteiger partial charge in [0.2, 0.25) is 0 Å². The third-order valence-electron chi connectivity index (χ3n) is 2.56.